The number of benzene rings is 2. The lowest BCUT2D eigenvalue weighted by Gasteiger charge is -2.35. The van der Waals surface area contributed by atoms with Gasteiger partial charge in [0.1, 0.15) is 11.9 Å². The Morgan fingerprint density at radius 3 is 2.65 bits per heavy atom. The minimum Gasteiger partial charge on any atom is -0.497 e. The average molecular weight is 352 g/mol. The molecular formula is C21H24N2O3. The van der Waals surface area contributed by atoms with Crippen molar-refractivity contribution in [3.05, 3.63) is 59.2 Å². The third-order valence-corrected chi connectivity index (χ3v) is 5.30. The molecule has 2 aliphatic heterocycles. The molecule has 2 heterocycles. The molecule has 2 aliphatic rings. The highest BCUT2D eigenvalue weighted by Crippen LogP contribution is 2.33. The van der Waals surface area contributed by atoms with Gasteiger partial charge < -0.3 is 19.3 Å². The van der Waals surface area contributed by atoms with E-state index in [4.69, 9.17) is 9.47 Å². The Labute approximate surface area is 154 Å². The minimum atomic E-state index is -0.264. The number of methoxy groups -OCH3 is 1. The van der Waals surface area contributed by atoms with Crippen LogP contribution in [-0.4, -0.2) is 51.2 Å². The predicted octanol–water partition coefficient (Wildman–Crippen LogP) is 2.90. The number of cyclic esters (lactones) is 1. The van der Waals surface area contributed by atoms with Crippen molar-refractivity contribution in [2.75, 3.05) is 45.2 Å². The summed E-state index contributed by atoms with van der Waals surface area (Å²) in [6.07, 6.45) is 0.427. The maximum atomic E-state index is 12.6. The Balaban J connectivity index is 1.57. The molecule has 0 amide bonds. The second-order valence-electron chi connectivity index (χ2n) is 7.01. The van der Waals surface area contributed by atoms with Crippen molar-refractivity contribution in [2.24, 2.45) is 0 Å². The van der Waals surface area contributed by atoms with E-state index in [1.807, 2.05) is 30.3 Å². The number of likely N-dealkylation sites (N-methyl/N-ethyl adjacent to an activating group) is 1. The van der Waals surface area contributed by atoms with Crippen LogP contribution in [0.4, 0.5) is 5.69 Å². The van der Waals surface area contributed by atoms with Crippen LogP contribution in [0.5, 0.6) is 5.75 Å². The van der Waals surface area contributed by atoms with Gasteiger partial charge in [0.05, 0.1) is 12.7 Å². The summed E-state index contributed by atoms with van der Waals surface area (Å²) < 4.78 is 11.0. The zero-order chi connectivity index (χ0) is 18.1. The van der Waals surface area contributed by atoms with Crippen LogP contribution in [0.15, 0.2) is 42.5 Å². The van der Waals surface area contributed by atoms with Crippen molar-refractivity contribution in [2.45, 2.75) is 12.5 Å². The molecule has 0 radical (unpaired) electrons. The van der Waals surface area contributed by atoms with E-state index in [9.17, 15) is 4.79 Å². The van der Waals surface area contributed by atoms with Crippen LogP contribution in [0, 0.1) is 0 Å². The van der Waals surface area contributed by atoms with E-state index in [0.29, 0.717) is 12.0 Å². The van der Waals surface area contributed by atoms with E-state index in [0.717, 1.165) is 48.7 Å². The number of hydrogen-bond acceptors (Lipinski definition) is 5. The second kappa shape index (κ2) is 7.00. The lowest BCUT2D eigenvalue weighted by molar-refractivity contribution is 0.0252. The number of fused-ring (bicyclic) bond motifs is 1. The van der Waals surface area contributed by atoms with Crippen LogP contribution >= 0.6 is 0 Å². The topological polar surface area (TPSA) is 42.0 Å². The smallest absolute Gasteiger partial charge is 0.339 e. The predicted molar refractivity (Wildman–Crippen MR) is 101 cm³/mol. The first-order valence-electron chi connectivity index (χ1n) is 9.05. The molecule has 0 aromatic heterocycles. The number of ether oxygens (including phenoxy) is 2. The molecular weight excluding hydrogens is 328 g/mol. The van der Waals surface area contributed by atoms with E-state index in [2.05, 4.69) is 29.0 Å². The molecule has 1 fully saturated rings. The maximum absolute atomic E-state index is 12.6. The molecule has 4 rings (SSSR count). The van der Waals surface area contributed by atoms with Crippen molar-refractivity contribution < 1.29 is 14.3 Å². The summed E-state index contributed by atoms with van der Waals surface area (Å²) in [4.78, 5) is 17.3. The van der Waals surface area contributed by atoms with Crippen LogP contribution in [-0.2, 0) is 11.2 Å². The highest BCUT2D eigenvalue weighted by atomic mass is 16.5. The van der Waals surface area contributed by atoms with Gasteiger partial charge in [0.25, 0.3) is 0 Å². The number of piperazine rings is 1. The van der Waals surface area contributed by atoms with Crippen molar-refractivity contribution in [3.8, 4) is 5.75 Å². The third kappa shape index (κ3) is 3.27. The number of hydrogen-bond donors (Lipinski definition) is 0. The van der Waals surface area contributed by atoms with Gasteiger partial charge in [0.15, 0.2) is 0 Å². The Morgan fingerprint density at radius 1 is 1.08 bits per heavy atom. The van der Waals surface area contributed by atoms with Crippen LogP contribution in [0.3, 0.4) is 0 Å². The molecule has 0 saturated carbocycles. The van der Waals surface area contributed by atoms with E-state index in [-0.39, 0.29) is 12.1 Å². The van der Waals surface area contributed by atoms with Crippen LogP contribution in [0.2, 0.25) is 0 Å². The zero-order valence-corrected chi connectivity index (χ0v) is 15.3. The van der Waals surface area contributed by atoms with Gasteiger partial charge >= 0.3 is 5.97 Å². The first-order valence-corrected chi connectivity index (χ1v) is 9.05. The van der Waals surface area contributed by atoms with Crippen molar-refractivity contribution in [1.82, 2.24) is 4.90 Å². The summed E-state index contributed by atoms with van der Waals surface area (Å²) in [6.45, 7) is 4.05. The van der Waals surface area contributed by atoms with Gasteiger partial charge in [-0.15, -0.1) is 0 Å². The van der Waals surface area contributed by atoms with Crippen molar-refractivity contribution in [1.29, 1.82) is 0 Å². The van der Waals surface area contributed by atoms with Crippen LogP contribution in [0.25, 0.3) is 0 Å². The zero-order valence-electron chi connectivity index (χ0n) is 15.3. The SMILES string of the molecule is COc1cccc(C2Cc3ccc(N4CCN(C)CC4)cc3C(=O)O2)c1. The fourth-order valence-corrected chi connectivity index (χ4v) is 3.66. The number of rotatable bonds is 3. The summed E-state index contributed by atoms with van der Waals surface area (Å²) in [5, 5.41) is 0. The molecule has 5 heteroatoms. The molecule has 2 aromatic rings. The third-order valence-electron chi connectivity index (χ3n) is 5.30. The largest absolute Gasteiger partial charge is 0.497 e. The lowest BCUT2D eigenvalue weighted by Crippen LogP contribution is -2.44. The molecule has 26 heavy (non-hydrogen) atoms. The summed E-state index contributed by atoms with van der Waals surface area (Å²) >= 11 is 0. The molecule has 0 aliphatic carbocycles. The first-order chi connectivity index (χ1) is 12.6. The minimum absolute atomic E-state index is 0.241. The van der Waals surface area contributed by atoms with Gasteiger partial charge in [-0.1, -0.05) is 18.2 Å². The number of anilines is 1. The average Bonchev–Trinajstić information content (AvgIpc) is 2.68. The fourth-order valence-electron chi connectivity index (χ4n) is 3.66. The Morgan fingerprint density at radius 2 is 1.88 bits per heavy atom. The maximum Gasteiger partial charge on any atom is 0.339 e. The summed E-state index contributed by atoms with van der Waals surface area (Å²) in [5.74, 6) is 0.532. The van der Waals surface area contributed by atoms with Gasteiger partial charge in [0.2, 0.25) is 0 Å². The molecule has 5 nitrogen and oxygen atoms in total. The van der Waals surface area contributed by atoms with E-state index >= 15 is 0 Å². The quantitative estimate of drug-likeness (QED) is 0.795. The van der Waals surface area contributed by atoms with Crippen LogP contribution < -0.4 is 9.64 Å². The van der Waals surface area contributed by atoms with Gasteiger partial charge in [-0.2, -0.15) is 0 Å². The molecule has 2 aromatic carbocycles. The molecule has 0 spiro atoms. The summed E-state index contributed by atoms with van der Waals surface area (Å²) in [5.41, 5.74) is 3.81. The molecule has 1 saturated heterocycles. The van der Waals surface area contributed by atoms with Gasteiger partial charge in [0, 0.05) is 38.3 Å². The lowest BCUT2D eigenvalue weighted by atomic mass is 9.94. The molecule has 0 bridgehead atoms. The highest BCUT2D eigenvalue weighted by Gasteiger charge is 2.28. The van der Waals surface area contributed by atoms with E-state index in [1.165, 1.54) is 0 Å². The van der Waals surface area contributed by atoms with Crippen LogP contribution in [0.1, 0.15) is 27.6 Å². The standard InChI is InChI=1S/C21H24N2O3/c1-22-8-10-23(11-9-22)17-7-6-15-13-20(26-21(24)19(15)14-17)16-4-3-5-18(12-16)25-2/h3-7,12,14,20H,8-11,13H2,1-2H3. The van der Waals surface area contributed by atoms with E-state index < -0.39 is 0 Å². The summed E-state index contributed by atoms with van der Waals surface area (Å²) in [7, 11) is 3.78. The fraction of sp³-hybridized carbons (Fsp3) is 0.381. The second-order valence-corrected chi connectivity index (χ2v) is 7.01. The molecule has 0 N–H and O–H groups in total. The normalized spacial score (nSPS) is 20.5. The number of esters is 1. The molecule has 1 unspecified atom stereocenters. The van der Waals surface area contributed by atoms with Gasteiger partial charge in [-0.05, 0) is 42.4 Å². The Hall–Kier alpha value is -2.53. The first kappa shape index (κ1) is 16.9. The Kier molecular flexibility index (Phi) is 4.55. The van der Waals surface area contributed by atoms with E-state index in [1.54, 1.807) is 7.11 Å². The molecule has 136 valence electrons. The monoisotopic (exact) mass is 352 g/mol. The van der Waals surface area contributed by atoms with Crippen molar-refractivity contribution in [3.63, 3.8) is 0 Å². The van der Waals surface area contributed by atoms with Crippen molar-refractivity contribution >= 4 is 11.7 Å². The Bertz CT molecular complexity index is 813. The van der Waals surface area contributed by atoms with Gasteiger partial charge in [-0.3, -0.25) is 0 Å². The number of carbonyl (C=O) groups excluding carboxylic acids is 1. The highest BCUT2D eigenvalue weighted by molar-refractivity contribution is 5.93. The van der Waals surface area contributed by atoms with Gasteiger partial charge in [-0.25, -0.2) is 4.79 Å². The molecule has 1 atom stereocenters. The number of nitrogens with zero attached hydrogens (tertiary/aromatic N) is 2. The summed E-state index contributed by atoms with van der Waals surface area (Å²) in [6, 6.07) is 13.9. The number of carbonyl (C=O) groups is 1.